The Morgan fingerprint density at radius 3 is 2.49 bits per heavy atom. The highest BCUT2D eigenvalue weighted by Gasteiger charge is 2.68. The van der Waals surface area contributed by atoms with Crippen LogP contribution < -0.4 is 16.0 Å². The lowest BCUT2D eigenvalue weighted by Crippen LogP contribution is -2.52. The van der Waals surface area contributed by atoms with Crippen LogP contribution in [0.3, 0.4) is 0 Å². The number of likely N-dealkylation sites (tertiary alicyclic amines) is 1. The van der Waals surface area contributed by atoms with E-state index in [0.717, 1.165) is 0 Å². The zero-order valence-corrected chi connectivity index (χ0v) is 21.7. The summed E-state index contributed by atoms with van der Waals surface area (Å²) < 4.78 is 41.2. The van der Waals surface area contributed by atoms with Gasteiger partial charge in [0.1, 0.15) is 11.5 Å². The van der Waals surface area contributed by atoms with Crippen LogP contribution in [0.1, 0.15) is 33.1 Å². The van der Waals surface area contributed by atoms with Gasteiger partial charge < -0.3 is 20.9 Å². The van der Waals surface area contributed by atoms with Crippen LogP contribution in [0, 0.1) is 40.6 Å². The minimum absolute atomic E-state index is 0.0125. The molecule has 204 valence electrons. The number of fused-ring (bicyclic) bond motifs is 1. The molecule has 0 bridgehead atoms. The number of hydrogen-bond donors (Lipinski definition) is 3. The summed E-state index contributed by atoms with van der Waals surface area (Å²) >= 11 is 0. The molecule has 2 heterocycles. The molecule has 3 amide bonds. The number of rotatable bonds is 10. The van der Waals surface area contributed by atoms with Gasteiger partial charge in [-0.1, -0.05) is 13.8 Å². The molecule has 3 aliphatic rings. The first-order valence-electron chi connectivity index (χ1n) is 12.8. The summed E-state index contributed by atoms with van der Waals surface area (Å²) in [4.78, 5) is 41.7. The van der Waals surface area contributed by atoms with E-state index < -0.39 is 35.2 Å². The Morgan fingerprint density at radius 2 is 1.89 bits per heavy atom. The van der Waals surface area contributed by atoms with Crippen LogP contribution in [-0.2, 0) is 14.4 Å². The van der Waals surface area contributed by atoms with E-state index in [1.165, 1.54) is 4.90 Å². The van der Waals surface area contributed by atoms with Gasteiger partial charge in [-0.25, -0.2) is 13.2 Å². The van der Waals surface area contributed by atoms with Crippen molar-refractivity contribution in [1.29, 1.82) is 0 Å². The van der Waals surface area contributed by atoms with Gasteiger partial charge in [0.05, 0.1) is 6.04 Å². The van der Waals surface area contributed by atoms with E-state index in [0.29, 0.717) is 50.5 Å². The summed E-state index contributed by atoms with van der Waals surface area (Å²) in [6.07, 6.45) is 1.14. The number of amides is 3. The van der Waals surface area contributed by atoms with Crippen molar-refractivity contribution < 1.29 is 27.6 Å². The molecule has 0 radical (unpaired) electrons. The first-order chi connectivity index (χ1) is 17.4. The van der Waals surface area contributed by atoms with Crippen LogP contribution in [0.25, 0.3) is 0 Å². The van der Waals surface area contributed by atoms with Gasteiger partial charge in [0, 0.05) is 70.8 Å². The van der Waals surface area contributed by atoms with E-state index in [9.17, 15) is 27.6 Å². The Hall–Kier alpha value is -2.82. The van der Waals surface area contributed by atoms with Crippen molar-refractivity contribution in [2.24, 2.45) is 23.2 Å². The van der Waals surface area contributed by atoms with Crippen molar-refractivity contribution in [3.63, 3.8) is 0 Å². The van der Waals surface area contributed by atoms with Gasteiger partial charge in [0.25, 0.3) is 0 Å². The van der Waals surface area contributed by atoms with Gasteiger partial charge in [-0.2, -0.15) is 0 Å². The number of benzene rings is 1. The molecule has 37 heavy (non-hydrogen) atoms. The predicted octanol–water partition coefficient (Wildman–Crippen LogP) is 1.96. The highest BCUT2D eigenvalue weighted by molar-refractivity contribution is 5.85. The zero-order valence-electron chi connectivity index (χ0n) is 21.7. The summed E-state index contributed by atoms with van der Waals surface area (Å²) in [7, 11) is 3.30. The van der Waals surface area contributed by atoms with Crippen molar-refractivity contribution in [2.75, 3.05) is 45.6 Å². The largest absolute Gasteiger partial charge is 0.379 e. The number of nitrogens with one attached hydrogen (secondary N) is 3. The maximum atomic E-state index is 14.0. The quantitative estimate of drug-likeness (QED) is 0.436. The monoisotopic (exact) mass is 523 g/mol. The number of halogens is 3. The topological polar surface area (TPSA) is 93.8 Å². The Labute approximate surface area is 215 Å². The standard InChI is InChI=1S/C26H36F3N5O3/c1-26(2)17-13-34(8-7-30-22-18(28)10-15(27)11-19(22)29)23(21(17)26)25(37)32-16(12-20(35)33(3)4)9-14-5-6-31-24(14)36/h10-11,14,16-17,21,23,30H,5-9,12-13H2,1-4H3,(H,31,36)(H,32,37)/t14-,16?,17-,21-,23-/m0/s1. The van der Waals surface area contributed by atoms with Crippen LogP contribution in [0.15, 0.2) is 12.1 Å². The minimum atomic E-state index is -1.01. The van der Waals surface area contributed by atoms with Crippen LogP contribution >= 0.6 is 0 Å². The van der Waals surface area contributed by atoms with Gasteiger partial charge >= 0.3 is 0 Å². The summed E-state index contributed by atoms with van der Waals surface area (Å²) in [6.45, 7) is 6.01. The van der Waals surface area contributed by atoms with Crippen molar-refractivity contribution in [3.05, 3.63) is 29.6 Å². The molecule has 5 atom stereocenters. The summed E-state index contributed by atoms with van der Waals surface area (Å²) in [6, 6.07) is 0.294. The van der Waals surface area contributed by atoms with Gasteiger partial charge in [0.2, 0.25) is 17.7 Å². The van der Waals surface area contributed by atoms with E-state index in [4.69, 9.17) is 0 Å². The summed E-state index contributed by atoms with van der Waals surface area (Å²) in [5.74, 6) is -3.24. The Kier molecular flexibility index (Phi) is 7.73. The fraction of sp³-hybridized carbons (Fsp3) is 0.654. The molecule has 8 nitrogen and oxygen atoms in total. The second-order valence-electron chi connectivity index (χ2n) is 11.3. The van der Waals surface area contributed by atoms with Crippen LogP contribution in [0.4, 0.5) is 18.9 Å². The van der Waals surface area contributed by atoms with Gasteiger partial charge in [-0.05, 0) is 30.1 Å². The Balaban J connectivity index is 1.43. The van der Waals surface area contributed by atoms with E-state index >= 15 is 0 Å². The average Bonchev–Trinajstić information content (AvgIpc) is 3.14. The van der Waals surface area contributed by atoms with Crippen molar-refractivity contribution in [2.45, 2.75) is 45.2 Å². The minimum Gasteiger partial charge on any atom is -0.379 e. The molecular weight excluding hydrogens is 487 g/mol. The third-order valence-corrected chi connectivity index (χ3v) is 8.28. The van der Waals surface area contributed by atoms with Crippen LogP contribution in [0.2, 0.25) is 0 Å². The molecular formula is C26H36F3N5O3. The van der Waals surface area contributed by atoms with Gasteiger partial charge in [-0.3, -0.25) is 19.3 Å². The molecule has 2 saturated heterocycles. The number of anilines is 1. The Bertz CT molecular complexity index is 1040. The van der Waals surface area contributed by atoms with Gasteiger partial charge in [-0.15, -0.1) is 0 Å². The molecule has 4 rings (SSSR count). The highest BCUT2D eigenvalue weighted by Crippen LogP contribution is 2.64. The molecule has 1 saturated carbocycles. The average molecular weight is 524 g/mol. The lowest BCUT2D eigenvalue weighted by Gasteiger charge is -2.32. The van der Waals surface area contributed by atoms with Crippen molar-refractivity contribution in [1.82, 2.24) is 20.4 Å². The lowest BCUT2D eigenvalue weighted by atomic mass is 9.95. The molecule has 1 aliphatic carbocycles. The van der Waals surface area contributed by atoms with Crippen LogP contribution in [0.5, 0.6) is 0 Å². The highest BCUT2D eigenvalue weighted by atomic mass is 19.1. The number of carbonyl (C=O) groups is 3. The Morgan fingerprint density at radius 1 is 1.22 bits per heavy atom. The smallest absolute Gasteiger partial charge is 0.237 e. The number of carbonyl (C=O) groups excluding carboxylic acids is 3. The maximum Gasteiger partial charge on any atom is 0.237 e. The molecule has 0 aromatic heterocycles. The lowest BCUT2D eigenvalue weighted by molar-refractivity contribution is -0.132. The molecule has 1 aromatic rings. The molecule has 0 spiro atoms. The van der Waals surface area contributed by atoms with E-state index in [-0.39, 0.29) is 47.9 Å². The zero-order chi connectivity index (χ0) is 27.1. The molecule has 1 aromatic carbocycles. The third-order valence-electron chi connectivity index (χ3n) is 8.28. The maximum absolute atomic E-state index is 14.0. The first kappa shape index (κ1) is 27.2. The van der Waals surface area contributed by atoms with Gasteiger partial charge in [0.15, 0.2) is 11.6 Å². The molecule has 3 fully saturated rings. The first-order valence-corrected chi connectivity index (χ1v) is 12.8. The molecule has 3 N–H and O–H groups in total. The van der Waals surface area contributed by atoms with E-state index in [1.807, 2.05) is 4.90 Å². The van der Waals surface area contributed by atoms with E-state index in [1.54, 1.807) is 14.1 Å². The number of nitrogens with zero attached hydrogens (tertiary/aromatic N) is 2. The molecule has 2 aliphatic heterocycles. The second kappa shape index (κ2) is 10.5. The molecule has 11 heteroatoms. The van der Waals surface area contributed by atoms with Crippen molar-refractivity contribution >= 4 is 23.4 Å². The number of piperidine rings is 1. The predicted molar refractivity (Wildman–Crippen MR) is 132 cm³/mol. The van der Waals surface area contributed by atoms with Crippen LogP contribution in [-0.4, -0.2) is 79.9 Å². The normalized spacial score (nSPS) is 26.8. The summed E-state index contributed by atoms with van der Waals surface area (Å²) in [5, 5.41) is 8.55. The fourth-order valence-corrected chi connectivity index (χ4v) is 6.04. The van der Waals surface area contributed by atoms with E-state index in [2.05, 4.69) is 29.8 Å². The van der Waals surface area contributed by atoms with Crippen molar-refractivity contribution in [3.8, 4) is 0 Å². The molecule has 1 unspecified atom stereocenters. The third kappa shape index (κ3) is 5.71. The fourth-order valence-electron chi connectivity index (χ4n) is 6.04. The second-order valence-corrected chi connectivity index (χ2v) is 11.3. The number of hydrogen-bond acceptors (Lipinski definition) is 5. The summed E-state index contributed by atoms with van der Waals surface area (Å²) in [5.41, 5.74) is -0.411. The SMILES string of the molecule is CN(C)C(=O)CC(C[C@@H]1CCNC1=O)NC(=O)[C@@H]1[C@@H]2[C@H](CN1CCNc1c(F)cc(F)cc1F)C2(C)C.